The van der Waals surface area contributed by atoms with Gasteiger partial charge in [0.1, 0.15) is 0 Å². The number of hydrogen-bond acceptors (Lipinski definition) is 3. The standard InChI is InChI=1S/C15H25NO2/c1-15(2,18-4)11-10-13(16)14(17-3)12-8-6-5-7-9-12/h5-9,13-14H,10-11,16H2,1-4H3. The lowest BCUT2D eigenvalue weighted by Crippen LogP contribution is -2.33. The fourth-order valence-electron chi connectivity index (χ4n) is 1.97. The van der Waals surface area contributed by atoms with Crippen LogP contribution in [0.3, 0.4) is 0 Å². The van der Waals surface area contributed by atoms with Crippen molar-refractivity contribution >= 4 is 0 Å². The van der Waals surface area contributed by atoms with Gasteiger partial charge in [0.05, 0.1) is 11.7 Å². The Morgan fingerprint density at radius 2 is 1.78 bits per heavy atom. The number of nitrogens with two attached hydrogens (primary N) is 1. The van der Waals surface area contributed by atoms with Gasteiger partial charge in [-0.05, 0) is 32.3 Å². The average Bonchev–Trinajstić information content (AvgIpc) is 2.39. The maximum atomic E-state index is 6.24. The molecule has 0 heterocycles. The van der Waals surface area contributed by atoms with Crippen molar-refractivity contribution in [3.63, 3.8) is 0 Å². The van der Waals surface area contributed by atoms with Gasteiger partial charge in [0, 0.05) is 20.3 Å². The van der Waals surface area contributed by atoms with Crippen LogP contribution in [0.4, 0.5) is 0 Å². The van der Waals surface area contributed by atoms with Gasteiger partial charge in [0.2, 0.25) is 0 Å². The summed E-state index contributed by atoms with van der Waals surface area (Å²) in [6.07, 6.45) is 1.73. The third-order valence-electron chi connectivity index (χ3n) is 3.40. The van der Waals surface area contributed by atoms with Crippen LogP contribution in [0.15, 0.2) is 30.3 Å². The van der Waals surface area contributed by atoms with E-state index in [4.69, 9.17) is 15.2 Å². The molecule has 0 fully saturated rings. The first kappa shape index (κ1) is 15.2. The Balaban J connectivity index is 2.61. The van der Waals surface area contributed by atoms with E-state index >= 15 is 0 Å². The summed E-state index contributed by atoms with van der Waals surface area (Å²) >= 11 is 0. The molecule has 0 radical (unpaired) electrons. The fraction of sp³-hybridized carbons (Fsp3) is 0.600. The van der Waals surface area contributed by atoms with Gasteiger partial charge in [-0.3, -0.25) is 0 Å². The number of rotatable bonds is 7. The Morgan fingerprint density at radius 1 is 1.17 bits per heavy atom. The molecule has 0 aliphatic heterocycles. The van der Waals surface area contributed by atoms with Crippen LogP contribution in [0.2, 0.25) is 0 Å². The van der Waals surface area contributed by atoms with Gasteiger partial charge in [-0.15, -0.1) is 0 Å². The molecule has 0 bridgehead atoms. The van der Waals surface area contributed by atoms with Gasteiger partial charge >= 0.3 is 0 Å². The Morgan fingerprint density at radius 3 is 2.28 bits per heavy atom. The predicted molar refractivity (Wildman–Crippen MR) is 74.5 cm³/mol. The summed E-state index contributed by atoms with van der Waals surface area (Å²) in [6.45, 7) is 4.15. The normalized spacial score (nSPS) is 15.4. The van der Waals surface area contributed by atoms with Crippen LogP contribution in [0.5, 0.6) is 0 Å². The van der Waals surface area contributed by atoms with Gasteiger partial charge < -0.3 is 15.2 Å². The predicted octanol–water partition coefficient (Wildman–Crippen LogP) is 2.91. The van der Waals surface area contributed by atoms with Gasteiger partial charge in [-0.25, -0.2) is 0 Å². The van der Waals surface area contributed by atoms with Gasteiger partial charge in [0.15, 0.2) is 0 Å². The average molecular weight is 251 g/mol. The maximum absolute atomic E-state index is 6.24. The van der Waals surface area contributed by atoms with Gasteiger partial charge in [-0.2, -0.15) is 0 Å². The van der Waals surface area contributed by atoms with Crippen LogP contribution in [0.1, 0.15) is 38.4 Å². The first-order valence-electron chi connectivity index (χ1n) is 6.38. The minimum atomic E-state index is -0.132. The largest absolute Gasteiger partial charge is 0.379 e. The lowest BCUT2D eigenvalue weighted by molar-refractivity contribution is 0.00502. The van der Waals surface area contributed by atoms with E-state index in [1.807, 2.05) is 18.2 Å². The third kappa shape index (κ3) is 4.41. The van der Waals surface area contributed by atoms with Crippen LogP contribution in [0.25, 0.3) is 0 Å². The maximum Gasteiger partial charge on any atom is 0.0971 e. The number of benzene rings is 1. The van der Waals surface area contributed by atoms with E-state index in [0.717, 1.165) is 18.4 Å². The molecule has 1 aromatic rings. The molecule has 1 rings (SSSR count). The van der Waals surface area contributed by atoms with E-state index in [2.05, 4.69) is 26.0 Å². The minimum Gasteiger partial charge on any atom is -0.379 e. The molecule has 0 saturated heterocycles. The second-order valence-corrected chi connectivity index (χ2v) is 5.23. The Hall–Kier alpha value is -0.900. The van der Waals surface area contributed by atoms with Crippen molar-refractivity contribution in [3.05, 3.63) is 35.9 Å². The Kier molecular flexibility index (Phi) is 5.79. The lowest BCUT2D eigenvalue weighted by Gasteiger charge is -2.28. The molecule has 2 N–H and O–H groups in total. The van der Waals surface area contributed by atoms with Gasteiger partial charge in [-0.1, -0.05) is 30.3 Å². The zero-order valence-corrected chi connectivity index (χ0v) is 11.8. The molecule has 3 nitrogen and oxygen atoms in total. The van der Waals surface area contributed by atoms with Crippen molar-refractivity contribution in [2.45, 2.75) is 44.4 Å². The second-order valence-electron chi connectivity index (χ2n) is 5.23. The number of methoxy groups -OCH3 is 2. The van der Waals surface area contributed by atoms with Crippen LogP contribution >= 0.6 is 0 Å². The molecule has 3 heteroatoms. The summed E-state index contributed by atoms with van der Waals surface area (Å²) < 4.78 is 10.9. The van der Waals surface area contributed by atoms with Crippen LogP contribution < -0.4 is 5.73 Å². The molecule has 0 aliphatic rings. The van der Waals surface area contributed by atoms with Crippen molar-refractivity contribution in [1.82, 2.24) is 0 Å². The summed E-state index contributed by atoms with van der Waals surface area (Å²) in [5.41, 5.74) is 7.24. The molecule has 0 amide bonds. The summed E-state index contributed by atoms with van der Waals surface area (Å²) in [5, 5.41) is 0. The smallest absolute Gasteiger partial charge is 0.0971 e. The first-order valence-corrected chi connectivity index (χ1v) is 6.38. The monoisotopic (exact) mass is 251 g/mol. The highest BCUT2D eigenvalue weighted by Crippen LogP contribution is 2.25. The molecule has 18 heavy (non-hydrogen) atoms. The van der Waals surface area contributed by atoms with Crippen molar-refractivity contribution in [1.29, 1.82) is 0 Å². The van der Waals surface area contributed by atoms with Crippen molar-refractivity contribution in [2.24, 2.45) is 5.73 Å². The Labute approximate surface area is 110 Å². The SMILES string of the molecule is COC(c1ccccc1)C(N)CCC(C)(C)OC. The van der Waals surface area contributed by atoms with Gasteiger partial charge in [0.25, 0.3) is 0 Å². The van der Waals surface area contributed by atoms with E-state index in [1.54, 1.807) is 14.2 Å². The molecule has 2 atom stereocenters. The van der Waals surface area contributed by atoms with E-state index in [-0.39, 0.29) is 17.7 Å². The van der Waals surface area contributed by atoms with E-state index < -0.39 is 0 Å². The third-order valence-corrected chi connectivity index (χ3v) is 3.40. The van der Waals surface area contributed by atoms with E-state index in [0.29, 0.717) is 0 Å². The number of ether oxygens (including phenoxy) is 2. The fourth-order valence-corrected chi connectivity index (χ4v) is 1.97. The first-order chi connectivity index (χ1) is 8.50. The summed E-state index contributed by atoms with van der Waals surface area (Å²) in [5.74, 6) is 0. The number of hydrogen-bond donors (Lipinski definition) is 1. The highest BCUT2D eigenvalue weighted by Gasteiger charge is 2.23. The van der Waals surface area contributed by atoms with Crippen LogP contribution in [0, 0.1) is 0 Å². The molecule has 1 aromatic carbocycles. The zero-order chi connectivity index (χ0) is 13.6. The molecule has 0 saturated carbocycles. The molecule has 0 aliphatic carbocycles. The summed E-state index contributed by atoms with van der Waals surface area (Å²) in [7, 11) is 3.44. The van der Waals surface area contributed by atoms with Crippen LogP contribution in [-0.2, 0) is 9.47 Å². The summed E-state index contributed by atoms with van der Waals surface area (Å²) in [4.78, 5) is 0. The van der Waals surface area contributed by atoms with Crippen molar-refractivity contribution < 1.29 is 9.47 Å². The van der Waals surface area contributed by atoms with Crippen molar-refractivity contribution in [2.75, 3.05) is 14.2 Å². The topological polar surface area (TPSA) is 44.5 Å². The minimum absolute atomic E-state index is 0.0215. The quantitative estimate of drug-likeness (QED) is 0.810. The summed E-state index contributed by atoms with van der Waals surface area (Å²) in [6, 6.07) is 10.1. The molecular weight excluding hydrogens is 226 g/mol. The molecule has 0 aromatic heterocycles. The molecule has 0 spiro atoms. The molecule has 102 valence electrons. The van der Waals surface area contributed by atoms with E-state index in [9.17, 15) is 0 Å². The molecular formula is C15H25NO2. The Bertz CT molecular complexity index is 338. The van der Waals surface area contributed by atoms with E-state index in [1.165, 1.54) is 0 Å². The highest BCUT2D eigenvalue weighted by molar-refractivity contribution is 5.19. The van der Waals surface area contributed by atoms with Crippen molar-refractivity contribution in [3.8, 4) is 0 Å². The lowest BCUT2D eigenvalue weighted by atomic mass is 9.93. The molecule has 2 unspecified atom stereocenters. The second kappa shape index (κ2) is 6.88. The highest BCUT2D eigenvalue weighted by atomic mass is 16.5. The zero-order valence-electron chi connectivity index (χ0n) is 11.8. The van der Waals surface area contributed by atoms with Crippen LogP contribution in [-0.4, -0.2) is 25.9 Å².